The minimum absolute atomic E-state index is 0.0558. The lowest BCUT2D eigenvalue weighted by Crippen LogP contribution is -2.30. The number of benzene rings is 1. The van der Waals surface area contributed by atoms with Crippen molar-refractivity contribution < 1.29 is 24.2 Å². The summed E-state index contributed by atoms with van der Waals surface area (Å²) < 4.78 is 10.6. The molecule has 0 aliphatic carbocycles. The lowest BCUT2D eigenvalue weighted by Gasteiger charge is -2.24. The molecule has 1 aromatic heterocycles. The summed E-state index contributed by atoms with van der Waals surface area (Å²) in [6, 6.07) is 7.76. The number of hydrogen-bond donors (Lipinski definition) is 1. The van der Waals surface area contributed by atoms with Gasteiger partial charge in [0.1, 0.15) is 5.76 Å². The second kappa shape index (κ2) is 6.75. The van der Waals surface area contributed by atoms with Gasteiger partial charge in [-0.25, -0.2) is 0 Å². The first-order chi connectivity index (χ1) is 13.1. The topological polar surface area (TPSA) is 89.0 Å². The van der Waals surface area contributed by atoms with Crippen LogP contribution >= 0.6 is 0 Å². The van der Waals surface area contributed by atoms with Crippen molar-refractivity contribution in [2.24, 2.45) is 0 Å². The van der Waals surface area contributed by atoms with Crippen LogP contribution in [0.4, 0.5) is 0 Å². The smallest absolute Gasteiger partial charge is 0.295 e. The molecule has 2 aliphatic heterocycles. The number of carbonyl (C=O) groups excluding carboxylic acids is 2. The molecule has 2 aromatic rings. The Labute approximate surface area is 155 Å². The quantitative estimate of drug-likeness (QED) is 0.508. The van der Waals surface area contributed by atoms with Crippen LogP contribution in [0, 0.1) is 0 Å². The number of aromatic nitrogens is 1. The van der Waals surface area contributed by atoms with Crippen molar-refractivity contribution in [2.75, 3.05) is 13.3 Å². The molecule has 1 N–H and O–H groups in total. The lowest BCUT2D eigenvalue weighted by molar-refractivity contribution is -0.139. The largest absolute Gasteiger partial charge is 0.507 e. The van der Waals surface area contributed by atoms with Gasteiger partial charge in [0, 0.05) is 24.5 Å². The summed E-state index contributed by atoms with van der Waals surface area (Å²) in [5.41, 5.74) is 1.12. The maximum atomic E-state index is 12.7. The fraction of sp³-hybridized carbons (Fsp3) is 0.250. The number of Topliss-reactive ketones (excluding diaryl/α,β-unsaturated/α-hetero) is 1. The Morgan fingerprint density at radius 3 is 2.81 bits per heavy atom. The summed E-state index contributed by atoms with van der Waals surface area (Å²) in [6.07, 6.45) is 3.91. The molecule has 1 fully saturated rings. The SMILES string of the molecule is CCCN1C(=O)C(=O)/C(=C(\O)c2ccc3c(c2)OCO3)C1c1cccnc1. The molecule has 1 unspecified atom stereocenters. The first-order valence-electron chi connectivity index (χ1n) is 8.70. The van der Waals surface area contributed by atoms with Crippen molar-refractivity contribution in [3.8, 4) is 11.5 Å². The number of aliphatic hydroxyl groups excluding tert-OH is 1. The molecule has 2 aliphatic rings. The molecule has 1 saturated heterocycles. The van der Waals surface area contributed by atoms with Crippen molar-refractivity contribution >= 4 is 17.4 Å². The van der Waals surface area contributed by atoms with Crippen molar-refractivity contribution in [1.82, 2.24) is 9.88 Å². The fourth-order valence-electron chi connectivity index (χ4n) is 3.44. The molecule has 1 aromatic carbocycles. The minimum atomic E-state index is -0.701. The highest BCUT2D eigenvalue weighted by molar-refractivity contribution is 6.46. The fourth-order valence-corrected chi connectivity index (χ4v) is 3.44. The molecule has 7 nitrogen and oxygen atoms in total. The van der Waals surface area contributed by atoms with Gasteiger partial charge in [-0.3, -0.25) is 14.6 Å². The van der Waals surface area contributed by atoms with Crippen LogP contribution in [0.25, 0.3) is 5.76 Å². The maximum Gasteiger partial charge on any atom is 0.295 e. The van der Waals surface area contributed by atoms with E-state index in [1.165, 1.54) is 4.90 Å². The summed E-state index contributed by atoms with van der Waals surface area (Å²) in [4.78, 5) is 30.9. The summed E-state index contributed by atoms with van der Waals surface area (Å²) in [7, 11) is 0. The lowest BCUT2D eigenvalue weighted by atomic mass is 9.96. The Morgan fingerprint density at radius 2 is 2.07 bits per heavy atom. The maximum absolute atomic E-state index is 12.7. The molecule has 4 rings (SSSR count). The van der Waals surface area contributed by atoms with Crippen LogP contribution < -0.4 is 9.47 Å². The van der Waals surface area contributed by atoms with Crippen LogP contribution in [-0.4, -0.2) is 40.0 Å². The number of aliphatic hydroxyl groups is 1. The number of ketones is 1. The third kappa shape index (κ3) is 2.81. The van der Waals surface area contributed by atoms with E-state index in [-0.39, 0.29) is 18.1 Å². The molecule has 0 saturated carbocycles. The Kier molecular flexibility index (Phi) is 4.27. The predicted molar refractivity (Wildman–Crippen MR) is 96.1 cm³/mol. The molecule has 27 heavy (non-hydrogen) atoms. The number of fused-ring (bicyclic) bond motifs is 1. The number of nitrogens with zero attached hydrogens (tertiary/aromatic N) is 2. The standard InChI is InChI=1S/C20H18N2O5/c1-2-8-22-17(13-4-3-7-21-10-13)16(19(24)20(22)25)18(23)12-5-6-14-15(9-12)27-11-26-14/h3-7,9-10,17,23H,2,8,11H2,1H3/b18-16-. The van der Waals surface area contributed by atoms with E-state index >= 15 is 0 Å². The normalized spacial score (nSPS) is 20.3. The molecule has 1 amide bonds. The zero-order valence-electron chi connectivity index (χ0n) is 14.7. The van der Waals surface area contributed by atoms with E-state index in [2.05, 4.69) is 4.98 Å². The van der Waals surface area contributed by atoms with Gasteiger partial charge in [0.2, 0.25) is 6.79 Å². The number of carbonyl (C=O) groups is 2. The van der Waals surface area contributed by atoms with Crippen LogP contribution in [-0.2, 0) is 9.59 Å². The van der Waals surface area contributed by atoms with Gasteiger partial charge in [-0.1, -0.05) is 13.0 Å². The molecule has 0 radical (unpaired) electrons. The second-order valence-electron chi connectivity index (χ2n) is 6.35. The molecular formula is C20H18N2O5. The van der Waals surface area contributed by atoms with Gasteiger partial charge < -0.3 is 19.5 Å². The first kappa shape index (κ1) is 17.1. The number of amides is 1. The Morgan fingerprint density at radius 1 is 1.26 bits per heavy atom. The van der Waals surface area contributed by atoms with Crippen LogP contribution in [0.3, 0.4) is 0 Å². The summed E-state index contributed by atoms with van der Waals surface area (Å²) >= 11 is 0. The number of hydrogen-bond acceptors (Lipinski definition) is 6. The van der Waals surface area contributed by atoms with Gasteiger partial charge in [-0.05, 0) is 36.2 Å². The van der Waals surface area contributed by atoms with Gasteiger partial charge in [-0.15, -0.1) is 0 Å². The number of rotatable bonds is 4. The minimum Gasteiger partial charge on any atom is -0.507 e. The van der Waals surface area contributed by atoms with Crippen LogP contribution in [0.5, 0.6) is 11.5 Å². The Balaban J connectivity index is 1.86. The van der Waals surface area contributed by atoms with Gasteiger partial charge in [-0.2, -0.15) is 0 Å². The summed E-state index contributed by atoms with van der Waals surface area (Å²) in [5, 5.41) is 10.9. The van der Waals surface area contributed by atoms with Crippen molar-refractivity contribution in [3.63, 3.8) is 0 Å². The van der Waals surface area contributed by atoms with Crippen LogP contribution in [0.15, 0.2) is 48.3 Å². The van der Waals surface area contributed by atoms with E-state index in [1.54, 1.807) is 42.7 Å². The monoisotopic (exact) mass is 366 g/mol. The van der Waals surface area contributed by atoms with Gasteiger partial charge in [0.05, 0.1) is 11.6 Å². The van der Waals surface area contributed by atoms with Crippen molar-refractivity contribution in [3.05, 3.63) is 59.4 Å². The van der Waals surface area contributed by atoms with E-state index in [0.717, 1.165) is 0 Å². The second-order valence-corrected chi connectivity index (χ2v) is 6.35. The van der Waals surface area contributed by atoms with Crippen LogP contribution in [0.2, 0.25) is 0 Å². The highest BCUT2D eigenvalue weighted by Gasteiger charge is 2.45. The van der Waals surface area contributed by atoms with Gasteiger partial charge in [0.15, 0.2) is 11.5 Å². The molecular weight excluding hydrogens is 348 g/mol. The van der Waals surface area contributed by atoms with Gasteiger partial charge in [0.25, 0.3) is 11.7 Å². The Bertz CT molecular complexity index is 939. The van der Waals surface area contributed by atoms with E-state index < -0.39 is 17.7 Å². The molecule has 138 valence electrons. The highest BCUT2D eigenvalue weighted by atomic mass is 16.7. The highest BCUT2D eigenvalue weighted by Crippen LogP contribution is 2.41. The Hall–Kier alpha value is -3.35. The van der Waals surface area contributed by atoms with Crippen molar-refractivity contribution in [1.29, 1.82) is 0 Å². The molecule has 3 heterocycles. The van der Waals surface area contributed by atoms with E-state index in [9.17, 15) is 14.7 Å². The molecule has 0 spiro atoms. The molecule has 0 bridgehead atoms. The van der Waals surface area contributed by atoms with E-state index in [1.807, 2.05) is 6.92 Å². The third-order valence-electron chi connectivity index (χ3n) is 4.65. The number of ether oxygens (including phenoxy) is 2. The van der Waals surface area contributed by atoms with Crippen LogP contribution in [0.1, 0.15) is 30.5 Å². The van der Waals surface area contributed by atoms with Gasteiger partial charge >= 0.3 is 0 Å². The number of pyridine rings is 1. The van der Waals surface area contributed by atoms with Crippen molar-refractivity contribution in [2.45, 2.75) is 19.4 Å². The molecule has 1 atom stereocenters. The average molecular weight is 366 g/mol. The zero-order valence-corrected chi connectivity index (χ0v) is 14.7. The third-order valence-corrected chi connectivity index (χ3v) is 4.65. The average Bonchev–Trinajstić information content (AvgIpc) is 3.26. The first-order valence-corrected chi connectivity index (χ1v) is 8.70. The molecule has 7 heteroatoms. The summed E-state index contributed by atoms with van der Waals surface area (Å²) in [6.45, 7) is 2.44. The van der Waals surface area contributed by atoms with E-state index in [0.29, 0.717) is 35.6 Å². The van der Waals surface area contributed by atoms with E-state index in [4.69, 9.17) is 9.47 Å². The summed E-state index contributed by atoms with van der Waals surface area (Å²) in [5.74, 6) is -0.499. The predicted octanol–water partition coefficient (Wildman–Crippen LogP) is 2.64. The zero-order chi connectivity index (χ0) is 19.0. The number of likely N-dealkylation sites (tertiary alicyclic amines) is 1.